The number of rotatable bonds is 10. The summed E-state index contributed by atoms with van der Waals surface area (Å²) < 4.78 is 7.32. The van der Waals surface area contributed by atoms with Crippen LogP contribution in [0, 0.1) is 0 Å². The zero-order chi connectivity index (χ0) is 24.0. The van der Waals surface area contributed by atoms with Crippen LogP contribution >= 0.6 is 23.4 Å². The molecule has 9 heteroatoms. The van der Waals surface area contributed by atoms with Crippen molar-refractivity contribution in [1.82, 2.24) is 25.0 Å². The number of amides is 1. The van der Waals surface area contributed by atoms with Crippen molar-refractivity contribution in [1.29, 1.82) is 0 Å². The first kappa shape index (κ1) is 25.1. The number of aromatic nitrogens is 3. The van der Waals surface area contributed by atoms with Crippen molar-refractivity contribution in [3.63, 3.8) is 0 Å². The second-order valence-corrected chi connectivity index (χ2v) is 9.21. The lowest BCUT2D eigenvalue weighted by Crippen LogP contribution is -2.28. The van der Waals surface area contributed by atoms with Gasteiger partial charge in [-0.25, -0.2) is 0 Å². The van der Waals surface area contributed by atoms with Gasteiger partial charge in [-0.05, 0) is 63.3 Å². The van der Waals surface area contributed by atoms with Crippen LogP contribution in [0.1, 0.15) is 43.7 Å². The van der Waals surface area contributed by atoms with E-state index in [1.807, 2.05) is 74.1 Å². The average Bonchev–Trinajstić information content (AvgIpc) is 3.21. The van der Waals surface area contributed by atoms with Crippen molar-refractivity contribution < 1.29 is 9.53 Å². The van der Waals surface area contributed by atoms with E-state index in [-0.39, 0.29) is 23.7 Å². The van der Waals surface area contributed by atoms with Gasteiger partial charge >= 0.3 is 0 Å². The molecule has 0 saturated heterocycles. The molecule has 0 aliphatic rings. The number of nitrogens with one attached hydrogen (secondary N) is 1. The molecule has 33 heavy (non-hydrogen) atoms. The van der Waals surface area contributed by atoms with Crippen LogP contribution in [-0.4, -0.2) is 52.5 Å². The first-order chi connectivity index (χ1) is 15.8. The van der Waals surface area contributed by atoms with E-state index in [2.05, 4.69) is 27.3 Å². The minimum Gasteiger partial charge on any atom is -0.497 e. The normalized spacial score (nSPS) is 13.1. The van der Waals surface area contributed by atoms with Crippen molar-refractivity contribution in [2.45, 2.75) is 37.5 Å². The van der Waals surface area contributed by atoms with Crippen LogP contribution < -0.4 is 10.1 Å². The molecule has 0 spiro atoms. The van der Waals surface area contributed by atoms with Crippen LogP contribution in [0.3, 0.4) is 0 Å². The molecule has 2 atom stereocenters. The second-order valence-electron chi connectivity index (χ2n) is 7.86. The molecule has 0 radical (unpaired) electrons. The zero-order valence-corrected chi connectivity index (χ0v) is 21.2. The SMILES string of the molecule is CCC(c1nnc(SCC(=O)NC(C)c2ccccc2Cl)n1-c1ccc(OC)cc1)N(C)C. The number of hydrogen-bond acceptors (Lipinski definition) is 6. The molecule has 1 aromatic heterocycles. The fourth-order valence-corrected chi connectivity index (χ4v) is 4.73. The van der Waals surface area contributed by atoms with Crippen molar-refractivity contribution in [3.8, 4) is 11.4 Å². The van der Waals surface area contributed by atoms with Crippen molar-refractivity contribution >= 4 is 29.3 Å². The van der Waals surface area contributed by atoms with Gasteiger partial charge in [0.05, 0.1) is 24.9 Å². The van der Waals surface area contributed by atoms with Gasteiger partial charge in [0, 0.05) is 10.7 Å². The van der Waals surface area contributed by atoms with Crippen LogP contribution in [0.2, 0.25) is 5.02 Å². The topological polar surface area (TPSA) is 72.3 Å². The third kappa shape index (κ3) is 6.07. The summed E-state index contributed by atoms with van der Waals surface area (Å²) in [6.45, 7) is 4.04. The molecule has 1 heterocycles. The standard InChI is InChI=1S/C24H30ClN5O2S/c1-6-21(29(3)4)23-27-28-24(30(23)17-11-13-18(32-5)14-12-17)33-15-22(31)26-16(2)19-9-7-8-10-20(19)25/h7-14,16,21H,6,15H2,1-5H3,(H,26,31). The van der Waals surface area contributed by atoms with E-state index in [0.717, 1.165) is 29.2 Å². The minimum atomic E-state index is -0.194. The molecule has 0 bridgehead atoms. The summed E-state index contributed by atoms with van der Waals surface area (Å²) in [7, 11) is 5.69. The Hall–Kier alpha value is -2.55. The Kier molecular flexibility index (Phi) is 8.77. The minimum absolute atomic E-state index is 0.0861. The molecule has 0 aliphatic carbocycles. The summed E-state index contributed by atoms with van der Waals surface area (Å²) in [5, 5.41) is 13.2. The molecule has 3 aromatic rings. The van der Waals surface area contributed by atoms with Crippen LogP contribution in [0.15, 0.2) is 53.7 Å². The van der Waals surface area contributed by atoms with Gasteiger partial charge in [-0.15, -0.1) is 10.2 Å². The second kappa shape index (κ2) is 11.5. The van der Waals surface area contributed by atoms with Gasteiger partial charge in [0.15, 0.2) is 11.0 Å². The van der Waals surface area contributed by atoms with Crippen LogP contribution in [0.5, 0.6) is 5.75 Å². The summed E-state index contributed by atoms with van der Waals surface area (Å²) in [6.07, 6.45) is 0.877. The van der Waals surface area contributed by atoms with E-state index in [0.29, 0.717) is 10.2 Å². The zero-order valence-electron chi connectivity index (χ0n) is 19.6. The molecule has 3 rings (SSSR count). The maximum atomic E-state index is 12.7. The van der Waals surface area contributed by atoms with Crippen molar-refractivity contribution in [2.75, 3.05) is 27.0 Å². The predicted octanol–water partition coefficient (Wildman–Crippen LogP) is 4.91. The highest BCUT2D eigenvalue weighted by atomic mass is 35.5. The number of carbonyl (C=O) groups excluding carboxylic acids is 1. The number of hydrogen-bond donors (Lipinski definition) is 1. The van der Waals surface area contributed by atoms with Crippen LogP contribution in [0.4, 0.5) is 0 Å². The number of halogens is 1. The molecule has 7 nitrogen and oxygen atoms in total. The summed E-state index contributed by atoms with van der Waals surface area (Å²) in [4.78, 5) is 14.8. The lowest BCUT2D eigenvalue weighted by Gasteiger charge is -2.23. The molecule has 0 aliphatic heterocycles. The highest BCUT2D eigenvalue weighted by Gasteiger charge is 2.24. The van der Waals surface area contributed by atoms with Gasteiger partial charge in [0.2, 0.25) is 5.91 Å². The van der Waals surface area contributed by atoms with Crippen LogP contribution in [0.25, 0.3) is 5.69 Å². The molecule has 2 unspecified atom stereocenters. The largest absolute Gasteiger partial charge is 0.497 e. The van der Waals surface area contributed by atoms with E-state index in [1.54, 1.807) is 7.11 Å². The number of nitrogens with zero attached hydrogens (tertiary/aromatic N) is 4. The Balaban J connectivity index is 1.81. The summed E-state index contributed by atoms with van der Waals surface area (Å²) in [5.74, 6) is 1.72. The quantitative estimate of drug-likeness (QED) is 0.409. The highest BCUT2D eigenvalue weighted by molar-refractivity contribution is 7.99. The van der Waals surface area contributed by atoms with Gasteiger partial charge in [-0.2, -0.15) is 0 Å². The monoisotopic (exact) mass is 487 g/mol. The van der Waals surface area contributed by atoms with Crippen LogP contribution in [-0.2, 0) is 4.79 Å². The maximum absolute atomic E-state index is 12.7. The number of methoxy groups -OCH3 is 1. The molecular formula is C24H30ClN5O2S. The Morgan fingerprint density at radius 3 is 2.48 bits per heavy atom. The third-order valence-corrected chi connectivity index (χ3v) is 6.65. The number of benzene rings is 2. The predicted molar refractivity (Wildman–Crippen MR) is 133 cm³/mol. The number of carbonyl (C=O) groups is 1. The van der Waals surface area contributed by atoms with E-state index in [4.69, 9.17) is 16.3 Å². The highest BCUT2D eigenvalue weighted by Crippen LogP contribution is 2.29. The molecule has 176 valence electrons. The van der Waals surface area contributed by atoms with E-state index in [9.17, 15) is 4.79 Å². The fraction of sp³-hybridized carbons (Fsp3) is 0.375. The Labute approximate surface area is 204 Å². The van der Waals surface area contributed by atoms with E-state index in [1.165, 1.54) is 11.8 Å². The number of ether oxygens (including phenoxy) is 1. The lowest BCUT2D eigenvalue weighted by atomic mass is 10.1. The van der Waals surface area contributed by atoms with Gasteiger partial charge in [0.1, 0.15) is 5.75 Å². The molecular weight excluding hydrogens is 458 g/mol. The molecule has 1 amide bonds. The van der Waals surface area contributed by atoms with E-state index < -0.39 is 0 Å². The average molecular weight is 488 g/mol. The Bertz CT molecular complexity index is 1070. The summed E-state index contributed by atoms with van der Waals surface area (Å²) in [6, 6.07) is 15.2. The molecule has 0 fully saturated rings. The van der Waals surface area contributed by atoms with Crippen molar-refractivity contribution in [3.05, 3.63) is 64.9 Å². The van der Waals surface area contributed by atoms with E-state index >= 15 is 0 Å². The smallest absolute Gasteiger partial charge is 0.230 e. The van der Waals surface area contributed by atoms with Gasteiger partial charge in [0.25, 0.3) is 0 Å². The molecule has 2 aromatic carbocycles. The Morgan fingerprint density at radius 2 is 1.88 bits per heavy atom. The molecule has 0 saturated carbocycles. The van der Waals surface area contributed by atoms with Gasteiger partial charge in [-0.3, -0.25) is 14.3 Å². The first-order valence-electron chi connectivity index (χ1n) is 10.8. The fourth-order valence-electron chi connectivity index (χ4n) is 3.66. The molecule has 1 N–H and O–H groups in total. The Morgan fingerprint density at radius 1 is 1.18 bits per heavy atom. The third-order valence-electron chi connectivity index (χ3n) is 5.38. The van der Waals surface area contributed by atoms with Crippen molar-refractivity contribution in [2.24, 2.45) is 0 Å². The number of thioether (sulfide) groups is 1. The summed E-state index contributed by atoms with van der Waals surface area (Å²) >= 11 is 7.62. The summed E-state index contributed by atoms with van der Waals surface area (Å²) in [5.41, 5.74) is 1.81. The first-order valence-corrected chi connectivity index (χ1v) is 12.1. The maximum Gasteiger partial charge on any atom is 0.230 e. The lowest BCUT2D eigenvalue weighted by molar-refractivity contribution is -0.119. The van der Waals surface area contributed by atoms with Gasteiger partial charge in [-0.1, -0.05) is 48.5 Å². The van der Waals surface area contributed by atoms with Gasteiger partial charge < -0.3 is 10.1 Å².